The molecule has 7 rings (SSSR count). The minimum atomic E-state index is -0.453. The zero-order valence-corrected chi connectivity index (χ0v) is 28.5. The lowest BCUT2D eigenvalue weighted by atomic mass is 9.89. The SMILES string of the molecule is CNC(=O)COc1cc2cc(Nc3nc(N4CCC(c5ccc6c(N7CCC(=O)NC7=O)nn(C)c6c5)CC4)ncc3Cl)ccc2n(C)c1=O. The van der Waals surface area contributed by atoms with E-state index >= 15 is 0 Å². The summed E-state index contributed by atoms with van der Waals surface area (Å²) in [6.45, 7) is 1.51. The number of amides is 4. The number of ether oxygens (including phenoxy) is 1. The van der Waals surface area contributed by atoms with Crippen molar-refractivity contribution in [2.75, 3.05) is 48.4 Å². The normalized spacial score (nSPS) is 15.4. The molecule has 4 amide bonds. The molecule has 2 aromatic carbocycles. The van der Waals surface area contributed by atoms with Crippen LogP contribution in [0.25, 0.3) is 21.8 Å². The monoisotopic (exact) mass is 698 g/mol. The van der Waals surface area contributed by atoms with Gasteiger partial charge in [-0.05, 0) is 60.7 Å². The molecule has 15 nitrogen and oxygen atoms in total. The van der Waals surface area contributed by atoms with Crippen molar-refractivity contribution < 1.29 is 19.1 Å². The average Bonchev–Trinajstić information content (AvgIpc) is 3.45. The number of nitrogens with zero attached hydrogens (tertiary/aromatic N) is 7. The number of hydrogen-bond donors (Lipinski definition) is 3. The van der Waals surface area contributed by atoms with Crippen molar-refractivity contribution in [2.24, 2.45) is 14.1 Å². The molecule has 50 heavy (non-hydrogen) atoms. The van der Waals surface area contributed by atoms with Gasteiger partial charge in [-0.3, -0.25) is 29.3 Å². The van der Waals surface area contributed by atoms with Crippen LogP contribution in [0.4, 0.5) is 28.1 Å². The van der Waals surface area contributed by atoms with E-state index in [9.17, 15) is 19.2 Å². The van der Waals surface area contributed by atoms with Crippen LogP contribution in [0.5, 0.6) is 5.75 Å². The summed E-state index contributed by atoms with van der Waals surface area (Å²) in [4.78, 5) is 61.5. The summed E-state index contributed by atoms with van der Waals surface area (Å²) >= 11 is 6.53. The smallest absolute Gasteiger partial charge is 0.329 e. The maximum atomic E-state index is 12.8. The number of urea groups is 1. The molecule has 0 spiro atoms. The lowest BCUT2D eigenvalue weighted by Gasteiger charge is -2.32. The summed E-state index contributed by atoms with van der Waals surface area (Å²) in [6.07, 6.45) is 3.59. The highest BCUT2D eigenvalue weighted by Crippen LogP contribution is 2.35. The zero-order chi connectivity index (χ0) is 35.1. The highest BCUT2D eigenvalue weighted by Gasteiger charge is 2.29. The molecule has 0 saturated carbocycles. The third-order valence-corrected chi connectivity index (χ3v) is 9.51. The number of halogens is 1. The first kappa shape index (κ1) is 32.8. The van der Waals surface area contributed by atoms with Crippen LogP contribution in [0.3, 0.4) is 0 Å². The molecule has 0 bridgehead atoms. The number of likely N-dealkylation sites (N-methyl/N-ethyl adjacent to an activating group) is 1. The van der Waals surface area contributed by atoms with Crippen molar-refractivity contribution in [1.29, 1.82) is 0 Å². The number of carbonyl (C=O) groups is 3. The Kier molecular flexibility index (Phi) is 8.74. The van der Waals surface area contributed by atoms with Gasteiger partial charge in [0.2, 0.25) is 11.9 Å². The lowest BCUT2D eigenvalue weighted by molar-refractivity contribution is -0.122. The molecular weight excluding hydrogens is 664 g/mol. The lowest BCUT2D eigenvalue weighted by Crippen LogP contribution is -2.49. The summed E-state index contributed by atoms with van der Waals surface area (Å²) in [6, 6.07) is 12.9. The van der Waals surface area contributed by atoms with Gasteiger partial charge in [-0.15, -0.1) is 0 Å². The number of anilines is 4. The Balaban J connectivity index is 1.05. The first-order valence-electron chi connectivity index (χ1n) is 16.2. The second kappa shape index (κ2) is 13.3. The number of aromatic nitrogens is 5. The van der Waals surface area contributed by atoms with Gasteiger partial charge in [0.25, 0.3) is 11.5 Å². The minimum Gasteiger partial charge on any atom is -0.478 e. The van der Waals surface area contributed by atoms with E-state index in [2.05, 4.69) is 43.1 Å². The Morgan fingerprint density at radius 2 is 1.84 bits per heavy atom. The topological polar surface area (TPSA) is 169 Å². The van der Waals surface area contributed by atoms with Crippen molar-refractivity contribution in [3.8, 4) is 5.75 Å². The van der Waals surface area contributed by atoms with E-state index in [0.717, 1.165) is 42.2 Å². The van der Waals surface area contributed by atoms with E-state index in [-0.39, 0.29) is 36.2 Å². The van der Waals surface area contributed by atoms with Crippen LogP contribution in [0.15, 0.2) is 53.5 Å². The molecule has 3 N–H and O–H groups in total. The van der Waals surface area contributed by atoms with Crippen LogP contribution in [-0.2, 0) is 23.7 Å². The second-order valence-corrected chi connectivity index (χ2v) is 12.7. The maximum absolute atomic E-state index is 12.8. The summed E-state index contributed by atoms with van der Waals surface area (Å²) in [5, 5.41) is 14.7. The van der Waals surface area contributed by atoms with Crippen LogP contribution in [0, 0.1) is 0 Å². The van der Waals surface area contributed by atoms with Crippen LogP contribution >= 0.6 is 11.6 Å². The third-order valence-electron chi connectivity index (χ3n) is 9.24. The standard InChI is InChI=1S/C34H35ClN10O5/c1-36-29(47)18-50-27-16-21-14-22(5-7-25(21)42(2)32(27)48)38-30-24(35)17-37-33(40-30)44-11-8-19(9-12-44)20-4-6-23-26(15-20)43(3)41-31(23)45-13-10-28(46)39-34(45)49/h4-7,14-17,19H,8-13,18H2,1-3H3,(H,36,47)(H,37,38,40)(H,39,46,49). The number of piperidine rings is 1. The molecule has 258 valence electrons. The molecule has 2 saturated heterocycles. The van der Waals surface area contributed by atoms with Crippen molar-refractivity contribution >= 4 is 74.5 Å². The van der Waals surface area contributed by atoms with Crippen molar-refractivity contribution in [2.45, 2.75) is 25.2 Å². The maximum Gasteiger partial charge on any atom is 0.329 e. The van der Waals surface area contributed by atoms with Crippen molar-refractivity contribution in [1.82, 2.24) is 34.9 Å². The highest BCUT2D eigenvalue weighted by molar-refractivity contribution is 6.33. The number of carbonyl (C=O) groups excluding carboxylic acids is 3. The van der Waals surface area contributed by atoms with E-state index in [4.69, 9.17) is 21.3 Å². The molecule has 2 fully saturated rings. The number of fused-ring (bicyclic) bond motifs is 2. The molecule has 0 radical (unpaired) electrons. The van der Waals surface area contributed by atoms with Crippen LogP contribution in [0.1, 0.15) is 30.7 Å². The Bertz CT molecular complexity index is 2230. The summed E-state index contributed by atoms with van der Waals surface area (Å²) in [7, 11) is 5.01. The molecule has 0 atom stereocenters. The quantitative estimate of drug-likeness (QED) is 0.218. The molecule has 0 unspecified atom stereocenters. The zero-order valence-electron chi connectivity index (χ0n) is 27.7. The largest absolute Gasteiger partial charge is 0.478 e. The van der Waals surface area contributed by atoms with Gasteiger partial charge in [0, 0.05) is 63.7 Å². The van der Waals surface area contributed by atoms with Gasteiger partial charge in [-0.1, -0.05) is 17.7 Å². The predicted molar refractivity (Wildman–Crippen MR) is 189 cm³/mol. The van der Waals surface area contributed by atoms with Crippen molar-refractivity contribution in [3.63, 3.8) is 0 Å². The predicted octanol–water partition coefficient (Wildman–Crippen LogP) is 3.57. The van der Waals surface area contributed by atoms with E-state index in [1.165, 1.54) is 22.1 Å². The fourth-order valence-corrected chi connectivity index (χ4v) is 6.61. The Morgan fingerprint density at radius 1 is 1.04 bits per heavy atom. The fourth-order valence-electron chi connectivity index (χ4n) is 6.47. The van der Waals surface area contributed by atoms with Crippen LogP contribution in [0.2, 0.25) is 5.02 Å². The van der Waals surface area contributed by atoms with Crippen LogP contribution in [-0.4, -0.2) is 75.4 Å². The molecule has 5 heterocycles. The number of pyridine rings is 1. The third kappa shape index (κ3) is 6.27. The van der Waals surface area contributed by atoms with E-state index in [1.807, 2.05) is 31.3 Å². The minimum absolute atomic E-state index is 0.0710. The summed E-state index contributed by atoms with van der Waals surface area (Å²) in [5.41, 5.74) is 3.16. The van der Waals surface area contributed by atoms with Gasteiger partial charge in [-0.25, -0.2) is 9.78 Å². The summed E-state index contributed by atoms with van der Waals surface area (Å²) in [5.74, 6) is 1.32. The van der Waals surface area contributed by atoms with Gasteiger partial charge < -0.3 is 24.8 Å². The number of rotatable bonds is 8. The number of aryl methyl sites for hydroxylation is 2. The van der Waals surface area contributed by atoms with Gasteiger partial charge in [0.1, 0.15) is 5.02 Å². The molecule has 16 heteroatoms. The number of hydrogen-bond acceptors (Lipinski definition) is 10. The van der Waals surface area contributed by atoms with E-state index in [1.54, 1.807) is 24.0 Å². The molecule has 5 aromatic rings. The van der Waals surface area contributed by atoms with E-state index < -0.39 is 6.03 Å². The van der Waals surface area contributed by atoms with Gasteiger partial charge in [0.05, 0.1) is 17.2 Å². The second-order valence-electron chi connectivity index (χ2n) is 12.3. The first-order valence-corrected chi connectivity index (χ1v) is 16.6. The van der Waals surface area contributed by atoms with Crippen molar-refractivity contribution in [3.05, 3.63) is 69.6 Å². The van der Waals surface area contributed by atoms with E-state index in [0.29, 0.717) is 46.3 Å². The van der Waals surface area contributed by atoms with Gasteiger partial charge in [-0.2, -0.15) is 10.1 Å². The number of imide groups is 1. The Labute approximate surface area is 291 Å². The van der Waals surface area contributed by atoms with Gasteiger partial charge >= 0.3 is 6.03 Å². The molecule has 2 aliphatic heterocycles. The first-order chi connectivity index (χ1) is 24.1. The molecule has 3 aromatic heterocycles. The molecular formula is C34H35ClN10O5. The Morgan fingerprint density at radius 3 is 2.60 bits per heavy atom. The van der Waals surface area contributed by atoms with Gasteiger partial charge in [0.15, 0.2) is 24.0 Å². The highest BCUT2D eigenvalue weighted by atomic mass is 35.5. The number of benzene rings is 2. The average molecular weight is 699 g/mol. The fraction of sp³-hybridized carbons (Fsp3) is 0.324. The van der Waals surface area contributed by atoms with Crippen LogP contribution < -0.4 is 36.0 Å². The molecule has 2 aliphatic rings. The Hall–Kier alpha value is -5.70. The number of nitrogens with one attached hydrogen (secondary N) is 3. The molecule has 0 aliphatic carbocycles. The summed E-state index contributed by atoms with van der Waals surface area (Å²) < 4.78 is 8.74.